The number of aliphatic hydroxyl groups excluding tert-OH is 1. The van der Waals surface area contributed by atoms with Gasteiger partial charge in [-0.1, -0.05) is 0 Å². The van der Waals surface area contributed by atoms with Crippen LogP contribution in [-0.2, 0) is 14.2 Å². The van der Waals surface area contributed by atoms with E-state index >= 15 is 0 Å². The molecule has 10 heteroatoms. The third-order valence-electron chi connectivity index (χ3n) is 2.18. The Morgan fingerprint density at radius 1 is 0.810 bits per heavy atom. The van der Waals surface area contributed by atoms with Crippen molar-refractivity contribution in [1.29, 1.82) is 0 Å². The fraction of sp³-hybridized carbons (Fsp3) is 0.727. The van der Waals surface area contributed by atoms with Gasteiger partial charge in [0.15, 0.2) is 0 Å². The van der Waals surface area contributed by atoms with Gasteiger partial charge in [0.2, 0.25) is 17.8 Å². The molecule has 120 valence electrons. The van der Waals surface area contributed by atoms with Crippen LogP contribution in [0.2, 0.25) is 0 Å². The van der Waals surface area contributed by atoms with Gasteiger partial charge in [-0.15, -0.1) is 0 Å². The Kier molecular flexibility index (Phi) is 9.04. The van der Waals surface area contributed by atoms with Crippen molar-refractivity contribution < 1.29 is 19.3 Å². The Labute approximate surface area is 122 Å². The lowest BCUT2D eigenvalue weighted by atomic mass is 10.6. The van der Waals surface area contributed by atoms with Crippen molar-refractivity contribution >= 4 is 17.8 Å². The summed E-state index contributed by atoms with van der Waals surface area (Å²) in [5.74, 6) is 0.464. The van der Waals surface area contributed by atoms with Crippen LogP contribution in [0.25, 0.3) is 0 Å². The standard InChI is InChI=1S/C11H22N6O4/c12-9-15-10(13)17-11(16-9)14-1-3-19-5-7-21-8-6-20-4-2-18/h18H,1-8H2,(H5,12,13,14,15,16,17). The average Bonchev–Trinajstić information content (AvgIpc) is 2.44. The number of anilines is 3. The molecular weight excluding hydrogens is 280 g/mol. The molecule has 0 saturated carbocycles. The molecule has 0 amide bonds. The molecule has 0 spiro atoms. The van der Waals surface area contributed by atoms with Crippen molar-refractivity contribution in [3.63, 3.8) is 0 Å². The summed E-state index contributed by atoms with van der Waals surface area (Å²) in [7, 11) is 0. The van der Waals surface area contributed by atoms with Crippen molar-refractivity contribution in [1.82, 2.24) is 15.0 Å². The summed E-state index contributed by atoms with van der Waals surface area (Å²) >= 11 is 0. The third kappa shape index (κ3) is 8.92. The predicted octanol–water partition coefficient (Wildman–Crippen LogP) is -1.51. The predicted molar refractivity (Wildman–Crippen MR) is 76.7 cm³/mol. The van der Waals surface area contributed by atoms with E-state index < -0.39 is 0 Å². The molecule has 6 N–H and O–H groups in total. The molecule has 1 heterocycles. The van der Waals surface area contributed by atoms with E-state index in [-0.39, 0.29) is 18.5 Å². The number of hydrogen-bond acceptors (Lipinski definition) is 10. The molecule has 1 aromatic rings. The van der Waals surface area contributed by atoms with E-state index in [1.54, 1.807) is 0 Å². The molecule has 0 aliphatic rings. The molecule has 0 bridgehead atoms. The fourth-order valence-electron chi connectivity index (χ4n) is 1.33. The van der Waals surface area contributed by atoms with Crippen LogP contribution < -0.4 is 16.8 Å². The second-order valence-electron chi connectivity index (χ2n) is 3.86. The number of rotatable bonds is 12. The lowest BCUT2D eigenvalue weighted by molar-refractivity contribution is 0.00919. The molecule has 0 aromatic carbocycles. The molecule has 21 heavy (non-hydrogen) atoms. The molecule has 0 fully saturated rings. The zero-order valence-electron chi connectivity index (χ0n) is 11.8. The molecule has 0 saturated heterocycles. The highest BCUT2D eigenvalue weighted by atomic mass is 16.5. The second-order valence-corrected chi connectivity index (χ2v) is 3.86. The fourth-order valence-corrected chi connectivity index (χ4v) is 1.33. The monoisotopic (exact) mass is 302 g/mol. The van der Waals surface area contributed by atoms with Gasteiger partial charge in [-0.05, 0) is 0 Å². The lowest BCUT2D eigenvalue weighted by Crippen LogP contribution is -2.16. The quantitative estimate of drug-likeness (QED) is 0.335. The normalized spacial score (nSPS) is 10.7. The second kappa shape index (κ2) is 11.0. The molecule has 0 unspecified atom stereocenters. The molecule has 1 rings (SSSR count). The van der Waals surface area contributed by atoms with Crippen molar-refractivity contribution in [2.75, 3.05) is 69.6 Å². The molecule has 0 radical (unpaired) electrons. The van der Waals surface area contributed by atoms with Gasteiger partial charge < -0.3 is 36.1 Å². The van der Waals surface area contributed by atoms with Crippen LogP contribution in [0, 0.1) is 0 Å². The molecule has 0 aliphatic heterocycles. The van der Waals surface area contributed by atoms with Gasteiger partial charge >= 0.3 is 0 Å². The van der Waals surface area contributed by atoms with Gasteiger partial charge in [-0.25, -0.2) is 0 Å². The number of nitrogens with zero attached hydrogens (tertiary/aromatic N) is 3. The van der Waals surface area contributed by atoms with E-state index in [1.165, 1.54) is 0 Å². The molecule has 0 aliphatic carbocycles. The summed E-state index contributed by atoms with van der Waals surface area (Å²) < 4.78 is 15.6. The van der Waals surface area contributed by atoms with Gasteiger partial charge in [0.05, 0.1) is 46.2 Å². The Balaban J connectivity index is 1.93. The van der Waals surface area contributed by atoms with Crippen LogP contribution in [0.15, 0.2) is 0 Å². The first kappa shape index (κ1) is 17.3. The van der Waals surface area contributed by atoms with Crippen LogP contribution in [0.5, 0.6) is 0 Å². The number of nitrogen functional groups attached to an aromatic ring is 2. The minimum absolute atomic E-state index is 0.0224. The highest BCUT2D eigenvalue weighted by Gasteiger charge is 2.00. The highest BCUT2D eigenvalue weighted by molar-refractivity contribution is 5.36. The maximum atomic E-state index is 8.48. The summed E-state index contributed by atoms with van der Waals surface area (Å²) in [6, 6.07) is 0. The largest absolute Gasteiger partial charge is 0.394 e. The summed E-state index contributed by atoms with van der Waals surface area (Å²) in [5.41, 5.74) is 10.9. The number of nitrogens with one attached hydrogen (secondary N) is 1. The summed E-state index contributed by atoms with van der Waals surface area (Å²) in [6.45, 7) is 3.23. The summed E-state index contributed by atoms with van der Waals surface area (Å²) in [6.07, 6.45) is 0. The number of nitrogens with two attached hydrogens (primary N) is 2. The SMILES string of the molecule is Nc1nc(N)nc(NCCOCCOCCOCCO)n1. The minimum Gasteiger partial charge on any atom is -0.394 e. The smallest absolute Gasteiger partial charge is 0.229 e. The van der Waals surface area contributed by atoms with E-state index in [0.29, 0.717) is 52.1 Å². The van der Waals surface area contributed by atoms with E-state index in [9.17, 15) is 0 Å². The van der Waals surface area contributed by atoms with Crippen LogP contribution in [-0.4, -0.2) is 72.9 Å². The topological polar surface area (TPSA) is 151 Å². The first-order chi connectivity index (χ1) is 10.2. The highest BCUT2D eigenvalue weighted by Crippen LogP contribution is 2.02. The molecule has 1 aromatic heterocycles. The Morgan fingerprint density at radius 3 is 1.90 bits per heavy atom. The zero-order chi connectivity index (χ0) is 15.3. The number of hydrogen-bond donors (Lipinski definition) is 4. The van der Waals surface area contributed by atoms with Crippen molar-refractivity contribution in [2.45, 2.75) is 0 Å². The Morgan fingerprint density at radius 2 is 1.33 bits per heavy atom. The van der Waals surface area contributed by atoms with Crippen molar-refractivity contribution in [3.8, 4) is 0 Å². The first-order valence-corrected chi connectivity index (χ1v) is 6.57. The van der Waals surface area contributed by atoms with Gasteiger partial charge in [0.1, 0.15) is 0 Å². The third-order valence-corrected chi connectivity index (χ3v) is 2.18. The van der Waals surface area contributed by atoms with E-state index in [0.717, 1.165) is 0 Å². The van der Waals surface area contributed by atoms with Gasteiger partial charge in [-0.3, -0.25) is 0 Å². The Bertz CT molecular complexity index is 375. The number of aromatic nitrogens is 3. The van der Waals surface area contributed by atoms with E-state index in [1.807, 2.05) is 0 Å². The van der Waals surface area contributed by atoms with Crippen molar-refractivity contribution in [2.24, 2.45) is 0 Å². The molecular formula is C11H22N6O4. The van der Waals surface area contributed by atoms with Gasteiger partial charge in [0, 0.05) is 6.54 Å². The van der Waals surface area contributed by atoms with Crippen LogP contribution >= 0.6 is 0 Å². The van der Waals surface area contributed by atoms with Crippen LogP contribution in [0.4, 0.5) is 17.8 Å². The van der Waals surface area contributed by atoms with Crippen molar-refractivity contribution in [3.05, 3.63) is 0 Å². The molecule has 0 atom stereocenters. The minimum atomic E-state index is 0.0224. The number of ether oxygens (including phenoxy) is 3. The maximum absolute atomic E-state index is 8.48. The molecule has 10 nitrogen and oxygen atoms in total. The number of aliphatic hydroxyl groups is 1. The van der Waals surface area contributed by atoms with Gasteiger partial charge in [0.25, 0.3) is 0 Å². The average molecular weight is 302 g/mol. The van der Waals surface area contributed by atoms with Gasteiger partial charge in [-0.2, -0.15) is 15.0 Å². The Hall–Kier alpha value is -1.75. The van der Waals surface area contributed by atoms with E-state index in [4.69, 9.17) is 30.8 Å². The zero-order valence-corrected chi connectivity index (χ0v) is 11.8. The summed E-state index contributed by atoms with van der Waals surface area (Å²) in [5, 5.41) is 11.4. The summed E-state index contributed by atoms with van der Waals surface area (Å²) in [4.78, 5) is 11.4. The first-order valence-electron chi connectivity index (χ1n) is 6.57. The van der Waals surface area contributed by atoms with E-state index in [2.05, 4.69) is 20.3 Å². The van der Waals surface area contributed by atoms with Crippen LogP contribution in [0.1, 0.15) is 0 Å². The maximum Gasteiger partial charge on any atom is 0.229 e. The van der Waals surface area contributed by atoms with Crippen LogP contribution in [0.3, 0.4) is 0 Å². The lowest BCUT2D eigenvalue weighted by Gasteiger charge is -2.07.